The highest BCUT2D eigenvalue weighted by Gasteiger charge is 2.53. The summed E-state index contributed by atoms with van der Waals surface area (Å²) in [5.41, 5.74) is 1.69. The maximum Gasteiger partial charge on any atom is 0.341 e. The predicted molar refractivity (Wildman–Crippen MR) is 148 cm³/mol. The van der Waals surface area contributed by atoms with Crippen molar-refractivity contribution in [2.24, 2.45) is 0 Å². The zero-order chi connectivity index (χ0) is 29.1. The van der Waals surface area contributed by atoms with Gasteiger partial charge in [0.2, 0.25) is 5.88 Å². The highest BCUT2D eigenvalue weighted by atomic mass is 16.8. The molecule has 2 aliphatic rings. The molecule has 0 spiro atoms. The fourth-order valence-electron chi connectivity index (χ4n) is 4.83. The number of nitrogens with one attached hydrogen (secondary N) is 2. The standard InChI is InChI=1S/C28H27N7O7/c1-2-29-28(38)34-23-20-24(32-14-31-23)35(15-33-20)26-22-21(41-19(42-22)11-10-16-7-4-3-5-8-16)18(40-26)13-39-25-17(27(36)37)9-6-12-30-25/h3-12,14-15,18-19,21-22,26H,2,13H2,1H3,(H,36,37)(H2,29,31,32,34,38)/b11-10+/t18?,19-,21?,22?,26?/m0/s1. The van der Waals surface area contributed by atoms with E-state index >= 15 is 0 Å². The van der Waals surface area contributed by atoms with Gasteiger partial charge in [0, 0.05) is 12.7 Å². The van der Waals surface area contributed by atoms with Gasteiger partial charge in [0.25, 0.3) is 0 Å². The largest absolute Gasteiger partial charge is 0.477 e. The van der Waals surface area contributed by atoms with Gasteiger partial charge in [0.05, 0.1) is 6.33 Å². The molecule has 14 nitrogen and oxygen atoms in total. The Kier molecular flexibility index (Phi) is 7.72. The molecule has 4 aromatic rings. The first-order valence-electron chi connectivity index (χ1n) is 13.2. The Morgan fingerprint density at radius 1 is 1.05 bits per heavy atom. The van der Waals surface area contributed by atoms with E-state index in [0.717, 1.165) is 5.56 Å². The fraction of sp³-hybridized carbons (Fsp3) is 0.286. The molecule has 42 heavy (non-hydrogen) atoms. The van der Waals surface area contributed by atoms with E-state index < -0.39 is 42.8 Å². The van der Waals surface area contributed by atoms with Gasteiger partial charge >= 0.3 is 12.0 Å². The van der Waals surface area contributed by atoms with Crippen LogP contribution >= 0.6 is 0 Å². The molecule has 14 heteroatoms. The highest BCUT2D eigenvalue weighted by Crippen LogP contribution is 2.41. The highest BCUT2D eigenvalue weighted by molar-refractivity contribution is 5.95. The number of fused-ring (bicyclic) bond motifs is 2. The number of benzene rings is 1. The molecule has 3 N–H and O–H groups in total. The average molecular weight is 574 g/mol. The van der Waals surface area contributed by atoms with Gasteiger partial charge in [-0.05, 0) is 30.7 Å². The Morgan fingerprint density at radius 2 is 1.88 bits per heavy atom. The number of carbonyl (C=O) groups excluding carboxylic acids is 1. The molecule has 0 radical (unpaired) electrons. The number of nitrogens with zero attached hydrogens (tertiary/aromatic N) is 5. The minimum Gasteiger partial charge on any atom is -0.477 e. The summed E-state index contributed by atoms with van der Waals surface area (Å²) in [5, 5.41) is 14.8. The Labute approximate surface area is 239 Å². The Bertz CT molecular complexity index is 1610. The van der Waals surface area contributed by atoms with Gasteiger partial charge < -0.3 is 29.4 Å². The van der Waals surface area contributed by atoms with Gasteiger partial charge in [-0.25, -0.2) is 29.5 Å². The summed E-state index contributed by atoms with van der Waals surface area (Å²) in [5.74, 6) is -0.952. The first kappa shape index (κ1) is 27.3. The van der Waals surface area contributed by atoms with Crippen LogP contribution < -0.4 is 15.4 Å². The number of pyridine rings is 1. The Balaban J connectivity index is 1.28. The van der Waals surface area contributed by atoms with Crippen LogP contribution in [0.5, 0.6) is 5.88 Å². The average Bonchev–Trinajstić information content (AvgIpc) is 3.70. The zero-order valence-corrected chi connectivity index (χ0v) is 22.4. The first-order chi connectivity index (χ1) is 20.5. The quantitative estimate of drug-likeness (QED) is 0.269. The maximum absolute atomic E-state index is 12.1. The lowest BCUT2D eigenvalue weighted by atomic mass is 10.1. The van der Waals surface area contributed by atoms with Crippen molar-refractivity contribution in [3.63, 3.8) is 0 Å². The van der Waals surface area contributed by atoms with Crippen molar-refractivity contribution >= 4 is 35.1 Å². The monoisotopic (exact) mass is 573 g/mol. The Morgan fingerprint density at radius 3 is 2.69 bits per heavy atom. The van der Waals surface area contributed by atoms with E-state index in [4.69, 9.17) is 18.9 Å². The number of carboxylic acid groups (broad SMARTS) is 1. The molecule has 3 aromatic heterocycles. The number of imidazole rings is 1. The molecule has 4 unspecified atom stereocenters. The van der Waals surface area contributed by atoms with Crippen molar-refractivity contribution in [2.45, 2.75) is 37.8 Å². The van der Waals surface area contributed by atoms with E-state index in [0.29, 0.717) is 17.7 Å². The number of aromatic nitrogens is 5. The summed E-state index contributed by atoms with van der Waals surface area (Å²) < 4.78 is 26.4. The number of hydrogen-bond acceptors (Lipinski definition) is 10. The number of anilines is 1. The molecule has 5 heterocycles. The van der Waals surface area contributed by atoms with Gasteiger partial charge in [-0.2, -0.15) is 0 Å². The predicted octanol–water partition coefficient (Wildman–Crippen LogP) is 2.86. The van der Waals surface area contributed by atoms with Gasteiger partial charge in [0.15, 0.2) is 29.5 Å². The lowest BCUT2D eigenvalue weighted by Gasteiger charge is -2.20. The summed E-state index contributed by atoms with van der Waals surface area (Å²) in [7, 11) is 0. The third kappa shape index (κ3) is 5.50. The van der Waals surface area contributed by atoms with E-state index in [2.05, 4.69) is 30.6 Å². The van der Waals surface area contributed by atoms with Gasteiger partial charge in [-0.3, -0.25) is 9.88 Å². The third-order valence-electron chi connectivity index (χ3n) is 6.70. The molecular formula is C28H27N7O7. The summed E-state index contributed by atoms with van der Waals surface area (Å²) >= 11 is 0. The second kappa shape index (κ2) is 11.9. The van der Waals surface area contributed by atoms with Crippen molar-refractivity contribution in [1.29, 1.82) is 0 Å². The number of hydrogen-bond donors (Lipinski definition) is 3. The Hall–Kier alpha value is -4.92. The van der Waals surface area contributed by atoms with Crippen LogP contribution in [0.3, 0.4) is 0 Å². The molecule has 0 aliphatic carbocycles. The first-order valence-corrected chi connectivity index (χ1v) is 13.2. The molecule has 5 atom stereocenters. The lowest BCUT2D eigenvalue weighted by molar-refractivity contribution is -0.131. The smallest absolute Gasteiger partial charge is 0.341 e. The third-order valence-corrected chi connectivity index (χ3v) is 6.70. The van der Waals surface area contributed by atoms with Crippen LogP contribution in [0.2, 0.25) is 0 Å². The van der Waals surface area contributed by atoms with E-state index in [1.54, 1.807) is 11.5 Å². The lowest BCUT2D eigenvalue weighted by Crippen LogP contribution is -2.33. The van der Waals surface area contributed by atoms with Crippen molar-refractivity contribution in [3.8, 4) is 5.88 Å². The van der Waals surface area contributed by atoms with E-state index in [-0.39, 0.29) is 23.9 Å². The molecule has 6 rings (SSSR count). The second-order valence-electron chi connectivity index (χ2n) is 9.41. The molecular weight excluding hydrogens is 546 g/mol. The van der Waals surface area contributed by atoms with Crippen molar-refractivity contribution in [2.75, 3.05) is 18.5 Å². The van der Waals surface area contributed by atoms with Crippen molar-refractivity contribution in [3.05, 3.63) is 78.5 Å². The van der Waals surface area contributed by atoms with Crippen LogP contribution in [0.25, 0.3) is 17.2 Å². The molecule has 0 bridgehead atoms. The van der Waals surface area contributed by atoms with E-state index in [9.17, 15) is 14.7 Å². The summed E-state index contributed by atoms with van der Waals surface area (Å²) in [4.78, 5) is 40.8. The number of carboxylic acids is 1. The summed E-state index contributed by atoms with van der Waals surface area (Å²) in [6.07, 6.45) is 4.76. The number of amides is 2. The molecule has 0 saturated carbocycles. The molecule has 2 fully saturated rings. The van der Waals surface area contributed by atoms with Crippen LogP contribution in [0.1, 0.15) is 29.1 Å². The maximum atomic E-state index is 12.1. The zero-order valence-electron chi connectivity index (χ0n) is 22.4. The SMILES string of the molecule is CCNC(=O)Nc1ncnc2c1ncn2C1OC(COc2ncccc2C(=O)O)C2O[C@H](/C=C/c3ccccc3)OC21. The summed E-state index contributed by atoms with van der Waals surface area (Å²) in [6, 6.07) is 12.2. The topological polar surface area (TPSA) is 172 Å². The van der Waals surface area contributed by atoms with Gasteiger partial charge in [-0.1, -0.05) is 36.4 Å². The number of carbonyl (C=O) groups is 2. The van der Waals surface area contributed by atoms with Crippen molar-refractivity contribution in [1.82, 2.24) is 29.8 Å². The molecule has 1 aromatic carbocycles. The van der Waals surface area contributed by atoms with Crippen LogP contribution in [0.15, 0.2) is 67.4 Å². The molecule has 2 amide bonds. The number of aromatic carboxylic acids is 1. The minimum absolute atomic E-state index is 0.0325. The number of rotatable bonds is 9. The second-order valence-corrected chi connectivity index (χ2v) is 9.41. The normalized spacial score (nSPS) is 23.2. The molecule has 2 saturated heterocycles. The molecule has 216 valence electrons. The van der Waals surface area contributed by atoms with Crippen LogP contribution in [0, 0.1) is 0 Å². The van der Waals surface area contributed by atoms with E-state index in [1.165, 1.54) is 31.0 Å². The van der Waals surface area contributed by atoms with Crippen molar-refractivity contribution < 1.29 is 33.6 Å². The fourth-order valence-corrected chi connectivity index (χ4v) is 4.83. The molecule has 2 aliphatic heterocycles. The number of urea groups is 1. The van der Waals surface area contributed by atoms with E-state index in [1.807, 2.05) is 42.5 Å². The summed E-state index contributed by atoms with van der Waals surface area (Å²) in [6.45, 7) is 2.19. The van der Waals surface area contributed by atoms with Gasteiger partial charge in [0.1, 0.15) is 36.8 Å². The number of ether oxygens (including phenoxy) is 4. The minimum atomic E-state index is -1.16. The van der Waals surface area contributed by atoms with Crippen LogP contribution in [-0.4, -0.2) is 79.4 Å². The van der Waals surface area contributed by atoms with Crippen LogP contribution in [0.4, 0.5) is 10.6 Å². The van der Waals surface area contributed by atoms with Gasteiger partial charge in [-0.15, -0.1) is 0 Å². The van der Waals surface area contributed by atoms with Crippen LogP contribution in [-0.2, 0) is 14.2 Å².